The summed E-state index contributed by atoms with van der Waals surface area (Å²) in [6.07, 6.45) is 3.38. The molecule has 1 aromatic carbocycles. The molecular formula is C14H20N2. The number of aryl methyl sites for hydroxylation is 1. The predicted molar refractivity (Wildman–Crippen MR) is 69.3 cm³/mol. The number of nitrogens with two attached hydrogens (primary N) is 1. The quantitative estimate of drug-likeness (QED) is 0.836. The molecule has 0 unspecified atom stereocenters. The number of nitrogens with zero attached hydrogens (tertiary/aromatic N) is 1. The van der Waals surface area contributed by atoms with Gasteiger partial charge in [-0.1, -0.05) is 32.0 Å². The molecule has 2 rings (SSSR count). The Morgan fingerprint density at radius 1 is 1.25 bits per heavy atom. The monoisotopic (exact) mass is 216 g/mol. The summed E-state index contributed by atoms with van der Waals surface area (Å²) in [5.41, 5.74) is 8.34. The average molecular weight is 216 g/mol. The van der Waals surface area contributed by atoms with Gasteiger partial charge < -0.3 is 10.3 Å². The number of hydrogen-bond donors (Lipinski definition) is 1. The van der Waals surface area contributed by atoms with Crippen molar-refractivity contribution in [1.29, 1.82) is 0 Å². The molecule has 2 heteroatoms. The first-order chi connectivity index (χ1) is 7.72. The Morgan fingerprint density at radius 2 is 2.06 bits per heavy atom. The van der Waals surface area contributed by atoms with Crippen molar-refractivity contribution in [3.8, 4) is 0 Å². The highest BCUT2D eigenvalue weighted by Crippen LogP contribution is 2.21. The van der Waals surface area contributed by atoms with Crippen LogP contribution < -0.4 is 5.73 Å². The van der Waals surface area contributed by atoms with Crippen LogP contribution in [0.3, 0.4) is 0 Å². The fourth-order valence-electron chi connectivity index (χ4n) is 2.09. The summed E-state index contributed by atoms with van der Waals surface area (Å²) in [4.78, 5) is 0. The van der Waals surface area contributed by atoms with Crippen molar-refractivity contribution < 1.29 is 0 Å². The molecule has 0 aliphatic heterocycles. The fourth-order valence-corrected chi connectivity index (χ4v) is 2.09. The summed E-state index contributed by atoms with van der Waals surface area (Å²) in [7, 11) is 0. The normalized spacial score (nSPS) is 11.5. The third-order valence-corrected chi connectivity index (χ3v) is 3.04. The number of para-hydroxylation sites is 1. The van der Waals surface area contributed by atoms with E-state index >= 15 is 0 Å². The third-order valence-electron chi connectivity index (χ3n) is 3.04. The molecule has 0 aliphatic carbocycles. The zero-order chi connectivity index (χ0) is 11.5. The van der Waals surface area contributed by atoms with E-state index in [1.54, 1.807) is 0 Å². The molecule has 0 atom stereocenters. The van der Waals surface area contributed by atoms with E-state index in [1.165, 1.54) is 22.9 Å². The summed E-state index contributed by atoms with van der Waals surface area (Å²) in [6, 6.07) is 8.53. The van der Waals surface area contributed by atoms with Crippen molar-refractivity contribution in [2.45, 2.75) is 33.4 Å². The van der Waals surface area contributed by atoms with Gasteiger partial charge in [-0.25, -0.2) is 0 Å². The molecule has 1 heterocycles. The van der Waals surface area contributed by atoms with Crippen LogP contribution in [-0.4, -0.2) is 4.57 Å². The van der Waals surface area contributed by atoms with Crippen LogP contribution in [0.2, 0.25) is 0 Å². The van der Waals surface area contributed by atoms with Gasteiger partial charge >= 0.3 is 0 Å². The van der Waals surface area contributed by atoms with Gasteiger partial charge in [0.05, 0.1) is 5.52 Å². The Morgan fingerprint density at radius 3 is 2.75 bits per heavy atom. The Kier molecular flexibility index (Phi) is 3.30. The first kappa shape index (κ1) is 11.2. The highest BCUT2D eigenvalue weighted by atomic mass is 15.0. The lowest BCUT2D eigenvalue weighted by atomic mass is 10.1. The molecule has 0 spiro atoms. The minimum absolute atomic E-state index is 0.614. The largest absolute Gasteiger partial charge is 0.347 e. The fraction of sp³-hybridized carbons (Fsp3) is 0.429. The van der Waals surface area contributed by atoms with Gasteiger partial charge in [0.1, 0.15) is 0 Å². The first-order valence-corrected chi connectivity index (χ1v) is 5.99. The summed E-state index contributed by atoms with van der Waals surface area (Å²) < 4.78 is 2.33. The maximum absolute atomic E-state index is 5.79. The maximum atomic E-state index is 5.79. The number of rotatable bonds is 4. The van der Waals surface area contributed by atoms with Crippen LogP contribution in [0.25, 0.3) is 10.9 Å². The number of fused-ring (bicyclic) bond motifs is 1. The number of hydrogen-bond acceptors (Lipinski definition) is 1. The third kappa shape index (κ3) is 2.12. The van der Waals surface area contributed by atoms with Gasteiger partial charge in [0.2, 0.25) is 0 Å². The Labute approximate surface area is 97.1 Å². The molecule has 0 saturated heterocycles. The molecule has 2 nitrogen and oxygen atoms in total. The van der Waals surface area contributed by atoms with Crippen molar-refractivity contribution in [2.24, 2.45) is 11.7 Å². The molecule has 86 valence electrons. The summed E-state index contributed by atoms with van der Waals surface area (Å²) >= 11 is 0. The van der Waals surface area contributed by atoms with Gasteiger partial charge in [-0.2, -0.15) is 0 Å². The van der Waals surface area contributed by atoms with Crippen LogP contribution >= 0.6 is 0 Å². The zero-order valence-electron chi connectivity index (χ0n) is 10.1. The van der Waals surface area contributed by atoms with E-state index in [1.807, 2.05) is 0 Å². The molecule has 0 aliphatic rings. The molecule has 16 heavy (non-hydrogen) atoms. The average Bonchev–Trinajstić information content (AvgIpc) is 2.69. The molecule has 2 aromatic rings. The molecule has 0 amide bonds. The number of aromatic nitrogens is 1. The predicted octanol–water partition coefficient (Wildman–Crippen LogP) is 3.15. The van der Waals surface area contributed by atoms with Crippen molar-refractivity contribution in [3.05, 3.63) is 36.0 Å². The Hall–Kier alpha value is -1.28. The van der Waals surface area contributed by atoms with Crippen LogP contribution in [-0.2, 0) is 13.1 Å². The second-order valence-corrected chi connectivity index (χ2v) is 4.75. The van der Waals surface area contributed by atoms with Gasteiger partial charge in [0.25, 0.3) is 0 Å². The minimum atomic E-state index is 0.614. The zero-order valence-corrected chi connectivity index (χ0v) is 10.1. The van der Waals surface area contributed by atoms with E-state index in [9.17, 15) is 0 Å². The van der Waals surface area contributed by atoms with Gasteiger partial charge in [-0.15, -0.1) is 0 Å². The maximum Gasteiger partial charge on any atom is 0.0525 e. The van der Waals surface area contributed by atoms with Crippen LogP contribution in [0.1, 0.15) is 25.8 Å². The van der Waals surface area contributed by atoms with Crippen LogP contribution in [0.5, 0.6) is 0 Å². The van der Waals surface area contributed by atoms with Crippen molar-refractivity contribution in [3.63, 3.8) is 0 Å². The lowest BCUT2D eigenvalue weighted by molar-refractivity contribution is 0.524. The topological polar surface area (TPSA) is 30.9 Å². The van der Waals surface area contributed by atoms with Crippen molar-refractivity contribution >= 4 is 10.9 Å². The molecule has 0 fully saturated rings. The first-order valence-electron chi connectivity index (χ1n) is 5.99. The smallest absolute Gasteiger partial charge is 0.0525 e. The van der Waals surface area contributed by atoms with E-state index in [2.05, 4.69) is 48.9 Å². The van der Waals surface area contributed by atoms with Crippen molar-refractivity contribution in [2.75, 3.05) is 0 Å². The Balaban J connectivity index is 2.38. The highest BCUT2D eigenvalue weighted by molar-refractivity contribution is 5.83. The van der Waals surface area contributed by atoms with E-state index in [4.69, 9.17) is 5.73 Å². The van der Waals surface area contributed by atoms with E-state index in [-0.39, 0.29) is 0 Å². The Bertz CT molecular complexity index is 469. The number of benzene rings is 1. The summed E-state index contributed by atoms with van der Waals surface area (Å²) in [6.45, 7) is 6.21. The molecule has 2 N–H and O–H groups in total. The molecule has 0 saturated carbocycles. The SMILES string of the molecule is CC(C)CCn1ccc2cccc(CN)c21. The van der Waals surface area contributed by atoms with E-state index < -0.39 is 0 Å². The van der Waals surface area contributed by atoms with Crippen molar-refractivity contribution in [1.82, 2.24) is 4.57 Å². The molecule has 0 bridgehead atoms. The molecule has 0 radical (unpaired) electrons. The van der Waals surface area contributed by atoms with Crippen LogP contribution in [0, 0.1) is 5.92 Å². The highest BCUT2D eigenvalue weighted by Gasteiger charge is 2.05. The second kappa shape index (κ2) is 4.71. The summed E-state index contributed by atoms with van der Waals surface area (Å²) in [5, 5.41) is 1.30. The molecular weight excluding hydrogens is 196 g/mol. The minimum Gasteiger partial charge on any atom is -0.347 e. The van der Waals surface area contributed by atoms with Gasteiger partial charge in [-0.05, 0) is 29.4 Å². The lowest BCUT2D eigenvalue weighted by Gasteiger charge is -2.10. The van der Waals surface area contributed by atoms with Crippen LogP contribution in [0.4, 0.5) is 0 Å². The summed E-state index contributed by atoms with van der Waals surface area (Å²) in [5.74, 6) is 0.738. The van der Waals surface area contributed by atoms with E-state index in [0.717, 1.165) is 12.5 Å². The van der Waals surface area contributed by atoms with Gasteiger partial charge in [0.15, 0.2) is 0 Å². The molecule has 1 aromatic heterocycles. The second-order valence-electron chi connectivity index (χ2n) is 4.75. The van der Waals surface area contributed by atoms with Gasteiger partial charge in [-0.3, -0.25) is 0 Å². The standard InChI is InChI=1S/C14H20N2/c1-11(2)6-8-16-9-7-12-4-3-5-13(10-15)14(12)16/h3-5,7,9,11H,6,8,10,15H2,1-2H3. The van der Waals surface area contributed by atoms with Gasteiger partial charge in [0, 0.05) is 19.3 Å². The van der Waals surface area contributed by atoms with E-state index in [0.29, 0.717) is 6.54 Å². The van der Waals surface area contributed by atoms with Crippen LogP contribution in [0.15, 0.2) is 30.5 Å². The lowest BCUT2D eigenvalue weighted by Crippen LogP contribution is -2.04.